The number of nitrogens with zero attached hydrogens (tertiary/aromatic N) is 2. The second-order valence-electron chi connectivity index (χ2n) is 6.62. The molecule has 4 nitrogen and oxygen atoms in total. The van der Waals surface area contributed by atoms with Crippen LogP contribution in [0.25, 0.3) is 10.9 Å². The molecule has 4 rings (SSSR count). The minimum absolute atomic E-state index is 0.310. The van der Waals surface area contributed by atoms with Crippen LogP contribution >= 0.6 is 0 Å². The third kappa shape index (κ3) is 3.06. The summed E-state index contributed by atoms with van der Waals surface area (Å²) in [5, 5.41) is 10.7. The average molecular weight is 350 g/mol. The number of hydrogen-bond acceptors (Lipinski definition) is 3. The van der Waals surface area contributed by atoms with E-state index in [1.807, 2.05) is 41.3 Å². The average Bonchev–Trinajstić information content (AvgIpc) is 3.13. The summed E-state index contributed by atoms with van der Waals surface area (Å²) in [6.07, 6.45) is 1.43. The number of hydrogen-bond donors (Lipinski definition) is 1. The third-order valence-corrected chi connectivity index (χ3v) is 5.00. The van der Waals surface area contributed by atoms with Crippen molar-refractivity contribution in [1.29, 1.82) is 0 Å². The van der Waals surface area contributed by atoms with Crippen molar-refractivity contribution in [2.45, 2.75) is 24.9 Å². The first kappa shape index (κ1) is 16.7. The summed E-state index contributed by atoms with van der Waals surface area (Å²) in [6.45, 7) is 0.674. The highest BCUT2D eigenvalue weighted by atomic mass is 19.1. The number of carbonyl (C=O) groups is 1. The number of rotatable bonds is 4. The Labute approximate surface area is 150 Å². The van der Waals surface area contributed by atoms with Gasteiger partial charge in [0, 0.05) is 11.9 Å². The Hall–Kier alpha value is -2.79. The Balaban J connectivity index is 1.83. The van der Waals surface area contributed by atoms with Crippen LogP contribution in [-0.2, 0) is 4.79 Å². The Bertz CT molecular complexity index is 942. The fourth-order valence-corrected chi connectivity index (χ4v) is 3.77. The summed E-state index contributed by atoms with van der Waals surface area (Å²) in [6, 6.07) is 17.2. The number of halogens is 1. The largest absolute Gasteiger partial charge is 0.480 e. The highest BCUT2D eigenvalue weighted by molar-refractivity contribution is 5.78. The zero-order valence-corrected chi connectivity index (χ0v) is 14.2. The maximum Gasteiger partial charge on any atom is 0.320 e. The first-order chi connectivity index (χ1) is 12.6. The van der Waals surface area contributed by atoms with Gasteiger partial charge in [-0.1, -0.05) is 36.4 Å². The summed E-state index contributed by atoms with van der Waals surface area (Å²) in [7, 11) is 0. The van der Waals surface area contributed by atoms with Gasteiger partial charge < -0.3 is 5.11 Å². The van der Waals surface area contributed by atoms with Crippen molar-refractivity contribution in [3.63, 3.8) is 0 Å². The lowest BCUT2D eigenvalue weighted by molar-refractivity contribution is -0.142. The van der Waals surface area contributed by atoms with E-state index in [4.69, 9.17) is 4.98 Å². The minimum atomic E-state index is -0.824. The first-order valence-electron chi connectivity index (χ1n) is 8.73. The number of fused-ring (bicyclic) bond motifs is 1. The molecule has 1 N–H and O–H groups in total. The van der Waals surface area contributed by atoms with Gasteiger partial charge in [-0.25, -0.2) is 4.39 Å². The summed E-state index contributed by atoms with van der Waals surface area (Å²) >= 11 is 0. The molecule has 0 radical (unpaired) electrons. The van der Waals surface area contributed by atoms with E-state index in [0.717, 1.165) is 28.6 Å². The van der Waals surface area contributed by atoms with E-state index in [2.05, 4.69) is 0 Å². The molecule has 2 unspecified atom stereocenters. The lowest BCUT2D eigenvalue weighted by Gasteiger charge is -2.31. The van der Waals surface area contributed by atoms with Gasteiger partial charge in [0.15, 0.2) is 0 Å². The first-order valence-corrected chi connectivity index (χ1v) is 8.73. The Morgan fingerprint density at radius 3 is 2.65 bits per heavy atom. The van der Waals surface area contributed by atoms with E-state index < -0.39 is 12.0 Å². The van der Waals surface area contributed by atoms with Gasteiger partial charge in [-0.15, -0.1) is 0 Å². The second kappa shape index (κ2) is 6.84. The normalized spacial score (nSPS) is 18.9. The van der Waals surface area contributed by atoms with E-state index in [9.17, 15) is 14.3 Å². The molecule has 1 aliphatic heterocycles. The van der Waals surface area contributed by atoms with Crippen LogP contribution in [0.3, 0.4) is 0 Å². The predicted molar refractivity (Wildman–Crippen MR) is 97.3 cm³/mol. The van der Waals surface area contributed by atoms with Gasteiger partial charge >= 0.3 is 5.97 Å². The molecule has 26 heavy (non-hydrogen) atoms. The molecule has 0 amide bonds. The second-order valence-corrected chi connectivity index (χ2v) is 6.62. The van der Waals surface area contributed by atoms with Crippen LogP contribution in [-0.4, -0.2) is 33.5 Å². The number of benzene rings is 2. The topological polar surface area (TPSA) is 53.4 Å². The molecule has 0 aliphatic carbocycles. The number of pyridine rings is 1. The van der Waals surface area contributed by atoms with Crippen LogP contribution in [0.2, 0.25) is 0 Å². The van der Waals surface area contributed by atoms with Crippen LogP contribution in [0.1, 0.15) is 30.1 Å². The summed E-state index contributed by atoms with van der Waals surface area (Å²) in [5.41, 5.74) is 2.49. The van der Waals surface area contributed by atoms with Gasteiger partial charge in [-0.2, -0.15) is 0 Å². The van der Waals surface area contributed by atoms with Crippen molar-refractivity contribution < 1.29 is 14.3 Å². The third-order valence-electron chi connectivity index (χ3n) is 5.00. The van der Waals surface area contributed by atoms with Crippen LogP contribution in [0.5, 0.6) is 0 Å². The van der Waals surface area contributed by atoms with Crippen molar-refractivity contribution in [2.75, 3.05) is 6.54 Å². The number of carboxylic acid groups (broad SMARTS) is 1. The Morgan fingerprint density at radius 1 is 1.12 bits per heavy atom. The maximum absolute atomic E-state index is 13.4. The minimum Gasteiger partial charge on any atom is -0.480 e. The SMILES string of the molecule is O=C(O)C1CCCN1C(c1ccc(F)cc1)c1ccc2ccccc2n1. The fraction of sp³-hybridized carbons (Fsp3) is 0.238. The number of para-hydroxylation sites is 1. The molecule has 132 valence electrons. The molecule has 2 heterocycles. The molecule has 0 bridgehead atoms. The molecule has 1 aromatic heterocycles. The molecule has 0 saturated carbocycles. The molecule has 2 atom stereocenters. The zero-order chi connectivity index (χ0) is 18.1. The summed E-state index contributed by atoms with van der Waals surface area (Å²) in [4.78, 5) is 18.5. The maximum atomic E-state index is 13.4. The highest BCUT2D eigenvalue weighted by Gasteiger charge is 2.37. The number of aromatic nitrogens is 1. The van der Waals surface area contributed by atoms with E-state index in [1.165, 1.54) is 12.1 Å². The molecule has 1 aliphatic rings. The standard InChI is InChI=1S/C21H19FN2O2/c22-16-10-7-15(8-11-16)20(24-13-3-6-19(24)21(25)26)18-12-9-14-4-1-2-5-17(14)23-18/h1-2,4-5,7-12,19-20H,3,6,13H2,(H,25,26). The Kier molecular flexibility index (Phi) is 4.39. The van der Waals surface area contributed by atoms with Gasteiger partial charge in [-0.05, 0) is 42.7 Å². The molecule has 5 heteroatoms. The van der Waals surface area contributed by atoms with Crippen molar-refractivity contribution in [3.8, 4) is 0 Å². The molecule has 0 spiro atoms. The predicted octanol–water partition coefficient (Wildman–Crippen LogP) is 4.01. The van der Waals surface area contributed by atoms with Crippen molar-refractivity contribution in [2.24, 2.45) is 0 Å². The molecule has 1 saturated heterocycles. The molecule has 3 aromatic rings. The number of likely N-dealkylation sites (tertiary alicyclic amines) is 1. The summed E-state index contributed by atoms with van der Waals surface area (Å²) < 4.78 is 13.4. The summed E-state index contributed by atoms with van der Waals surface area (Å²) in [5.74, 6) is -1.13. The Morgan fingerprint density at radius 2 is 1.88 bits per heavy atom. The number of carboxylic acids is 1. The molecule has 1 fully saturated rings. The van der Waals surface area contributed by atoms with Crippen LogP contribution in [0, 0.1) is 5.82 Å². The van der Waals surface area contributed by atoms with E-state index >= 15 is 0 Å². The van der Waals surface area contributed by atoms with E-state index in [1.54, 1.807) is 12.1 Å². The monoisotopic (exact) mass is 350 g/mol. The zero-order valence-electron chi connectivity index (χ0n) is 14.2. The molecular formula is C21H19FN2O2. The number of aliphatic carboxylic acids is 1. The van der Waals surface area contributed by atoms with Crippen LogP contribution < -0.4 is 0 Å². The molecule has 2 aromatic carbocycles. The van der Waals surface area contributed by atoms with Crippen molar-refractivity contribution >= 4 is 16.9 Å². The van der Waals surface area contributed by atoms with E-state index in [-0.39, 0.29) is 11.9 Å². The highest BCUT2D eigenvalue weighted by Crippen LogP contribution is 2.34. The molecular weight excluding hydrogens is 331 g/mol. The quantitative estimate of drug-likeness (QED) is 0.772. The van der Waals surface area contributed by atoms with Crippen molar-refractivity contribution in [1.82, 2.24) is 9.88 Å². The van der Waals surface area contributed by atoms with Gasteiger partial charge in [0.2, 0.25) is 0 Å². The van der Waals surface area contributed by atoms with Crippen LogP contribution in [0.4, 0.5) is 4.39 Å². The lowest BCUT2D eigenvalue weighted by atomic mass is 9.99. The van der Waals surface area contributed by atoms with Crippen LogP contribution in [0.15, 0.2) is 60.7 Å². The van der Waals surface area contributed by atoms with Gasteiger partial charge in [-0.3, -0.25) is 14.7 Å². The van der Waals surface area contributed by atoms with Gasteiger partial charge in [0.05, 0.1) is 17.3 Å². The fourth-order valence-electron chi connectivity index (χ4n) is 3.77. The van der Waals surface area contributed by atoms with Gasteiger partial charge in [0.1, 0.15) is 11.9 Å². The lowest BCUT2D eigenvalue weighted by Crippen LogP contribution is -2.39. The van der Waals surface area contributed by atoms with E-state index in [0.29, 0.717) is 13.0 Å². The van der Waals surface area contributed by atoms with Gasteiger partial charge in [0.25, 0.3) is 0 Å². The van der Waals surface area contributed by atoms with Crippen molar-refractivity contribution in [3.05, 3.63) is 77.7 Å². The smallest absolute Gasteiger partial charge is 0.320 e.